The molecule has 0 aliphatic rings. The molecule has 1 amide bonds. The third-order valence-electron chi connectivity index (χ3n) is 2.75. The summed E-state index contributed by atoms with van der Waals surface area (Å²) in [6, 6.07) is 0. The highest BCUT2D eigenvalue weighted by atomic mass is 16.5. The lowest BCUT2D eigenvalue weighted by molar-refractivity contribution is 0.0688. The Labute approximate surface area is 125 Å². The molecule has 0 aliphatic carbocycles. The van der Waals surface area contributed by atoms with Crippen LogP contribution in [0.3, 0.4) is 0 Å². The van der Waals surface area contributed by atoms with E-state index < -0.39 is 0 Å². The molecule has 0 aliphatic heterocycles. The monoisotopic (exact) mass is 296 g/mol. The number of nitrogens with zero attached hydrogens (tertiary/aromatic N) is 2. The largest absolute Gasteiger partial charge is 0.396 e. The molecule has 1 aromatic heterocycles. The number of carbonyl (C=O) groups excluding carboxylic acids is 1. The van der Waals surface area contributed by atoms with Crippen molar-refractivity contribution in [3.63, 3.8) is 0 Å². The lowest BCUT2D eigenvalue weighted by Gasteiger charge is -2.09. The maximum atomic E-state index is 12.0. The van der Waals surface area contributed by atoms with Gasteiger partial charge in [-0.15, -0.1) is 0 Å². The summed E-state index contributed by atoms with van der Waals surface area (Å²) in [4.78, 5) is 20.4. The summed E-state index contributed by atoms with van der Waals surface area (Å²) in [6.45, 7) is 6.13. The molecule has 1 aromatic rings. The maximum Gasteiger partial charge on any atom is 0.272 e. The lowest BCUT2D eigenvalue weighted by atomic mass is 10.2. The molecule has 1 heterocycles. The SMILES string of the molecule is COCCOCCCNC(=O)c1nc(C(C)C)ncc1N. The number of rotatable bonds is 9. The van der Waals surface area contributed by atoms with Crippen LogP contribution in [0, 0.1) is 0 Å². The van der Waals surface area contributed by atoms with Gasteiger partial charge in [-0.3, -0.25) is 4.79 Å². The zero-order valence-corrected chi connectivity index (χ0v) is 12.9. The number of nitrogen functional groups attached to an aromatic ring is 1. The predicted octanol–water partition coefficient (Wildman–Crippen LogP) is 0.965. The van der Waals surface area contributed by atoms with Crippen LogP contribution in [0.25, 0.3) is 0 Å². The number of nitrogens with one attached hydrogen (secondary N) is 1. The first-order valence-electron chi connectivity index (χ1n) is 7.03. The van der Waals surface area contributed by atoms with Crippen LogP contribution in [-0.2, 0) is 9.47 Å². The molecule has 0 aromatic carbocycles. The number of anilines is 1. The third-order valence-corrected chi connectivity index (χ3v) is 2.75. The molecule has 0 atom stereocenters. The Hall–Kier alpha value is -1.73. The molecule has 21 heavy (non-hydrogen) atoms. The van der Waals surface area contributed by atoms with Crippen molar-refractivity contribution in [1.29, 1.82) is 0 Å². The number of hydrogen-bond donors (Lipinski definition) is 2. The number of hydrogen-bond acceptors (Lipinski definition) is 6. The Kier molecular flexibility index (Phi) is 7.63. The molecule has 1 rings (SSSR count). The summed E-state index contributed by atoms with van der Waals surface area (Å²) in [5, 5.41) is 2.78. The topological polar surface area (TPSA) is 99.4 Å². The van der Waals surface area contributed by atoms with Gasteiger partial charge < -0.3 is 20.5 Å². The zero-order chi connectivity index (χ0) is 15.7. The second-order valence-corrected chi connectivity index (χ2v) is 4.90. The van der Waals surface area contributed by atoms with Gasteiger partial charge in [0.15, 0.2) is 5.69 Å². The standard InChI is InChI=1S/C14H24N4O3/c1-10(2)13-17-9-11(15)12(18-13)14(19)16-5-4-6-21-8-7-20-3/h9-10H,4-8,15H2,1-3H3,(H,16,19). The molecule has 3 N–H and O–H groups in total. The molecule has 0 radical (unpaired) electrons. The molecular formula is C14H24N4O3. The van der Waals surface area contributed by atoms with Crippen molar-refractivity contribution in [3.8, 4) is 0 Å². The molecule has 7 heteroatoms. The quantitative estimate of drug-likeness (QED) is 0.659. The van der Waals surface area contributed by atoms with Crippen molar-refractivity contribution in [2.45, 2.75) is 26.2 Å². The molecule has 118 valence electrons. The second kappa shape index (κ2) is 9.25. The van der Waals surface area contributed by atoms with Crippen molar-refractivity contribution in [3.05, 3.63) is 17.7 Å². The van der Waals surface area contributed by atoms with Crippen LogP contribution in [0.4, 0.5) is 5.69 Å². The van der Waals surface area contributed by atoms with E-state index in [9.17, 15) is 4.79 Å². The summed E-state index contributed by atoms with van der Waals surface area (Å²) in [7, 11) is 1.63. The van der Waals surface area contributed by atoms with Crippen LogP contribution in [0.1, 0.15) is 42.5 Å². The van der Waals surface area contributed by atoms with Crippen molar-refractivity contribution in [1.82, 2.24) is 15.3 Å². The fourth-order valence-electron chi connectivity index (χ4n) is 1.57. The summed E-state index contributed by atoms with van der Waals surface area (Å²) >= 11 is 0. The van der Waals surface area contributed by atoms with E-state index in [2.05, 4.69) is 15.3 Å². The van der Waals surface area contributed by atoms with Crippen LogP contribution in [0.2, 0.25) is 0 Å². The fraction of sp³-hybridized carbons (Fsp3) is 0.643. The van der Waals surface area contributed by atoms with Crippen molar-refractivity contribution < 1.29 is 14.3 Å². The minimum absolute atomic E-state index is 0.145. The Morgan fingerprint density at radius 2 is 2.14 bits per heavy atom. The van der Waals surface area contributed by atoms with Gasteiger partial charge in [0.1, 0.15) is 5.82 Å². The van der Waals surface area contributed by atoms with E-state index in [1.165, 1.54) is 6.20 Å². The summed E-state index contributed by atoms with van der Waals surface area (Å²) < 4.78 is 10.2. The lowest BCUT2D eigenvalue weighted by Crippen LogP contribution is -2.27. The average Bonchev–Trinajstić information content (AvgIpc) is 2.46. The first kappa shape index (κ1) is 17.3. The smallest absolute Gasteiger partial charge is 0.272 e. The van der Waals surface area contributed by atoms with E-state index in [4.69, 9.17) is 15.2 Å². The molecule has 0 unspecified atom stereocenters. The molecule has 7 nitrogen and oxygen atoms in total. The van der Waals surface area contributed by atoms with Crippen LogP contribution in [-0.4, -0.2) is 49.4 Å². The number of carbonyl (C=O) groups is 1. The van der Waals surface area contributed by atoms with Gasteiger partial charge in [0.2, 0.25) is 0 Å². The molecule has 0 spiro atoms. The minimum Gasteiger partial charge on any atom is -0.396 e. The van der Waals surface area contributed by atoms with Crippen LogP contribution < -0.4 is 11.1 Å². The number of methoxy groups -OCH3 is 1. The highest BCUT2D eigenvalue weighted by molar-refractivity contribution is 5.96. The normalized spacial score (nSPS) is 10.9. The van der Waals surface area contributed by atoms with Gasteiger partial charge in [-0.1, -0.05) is 13.8 Å². The molecule has 0 fully saturated rings. The number of nitrogens with two attached hydrogens (primary N) is 1. The highest BCUT2D eigenvalue weighted by Gasteiger charge is 2.14. The molecule has 0 bridgehead atoms. The van der Waals surface area contributed by atoms with Gasteiger partial charge in [-0.2, -0.15) is 0 Å². The zero-order valence-electron chi connectivity index (χ0n) is 12.9. The Bertz CT molecular complexity index is 452. The Balaban J connectivity index is 2.40. The molecular weight excluding hydrogens is 272 g/mol. The number of aromatic nitrogens is 2. The van der Waals surface area contributed by atoms with Gasteiger partial charge in [0, 0.05) is 26.2 Å². The van der Waals surface area contributed by atoms with E-state index in [1.54, 1.807) is 7.11 Å². The van der Waals surface area contributed by atoms with Gasteiger partial charge in [0.25, 0.3) is 5.91 Å². The van der Waals surface area contributed by atoms with Gasteiger partial charge >= 0.3 is 0 Å². The molecule has 0 saturated heterocycles. The van der Waals surface area contributed by atoms with E-state index in [1.807, 2.05) is 13.8 Å². The van der Waals surface area contributed by atoms with Crippen molar-refractivity contribution in [2.75, 3.05) is 39.2 Å². The van der Waals surface area contributed by atoms with Gasteiger partial charge in [-0.25, -0.2) is 9.97 Å². The second-order valence-electron chi connectivity index (χ2n) is 4.90. The third kappa shape index (κ3) is 6.05. The highest BCUT2D eigenvalue weighted by Crippen LogP contribution is 2.13. The van der Waals surface area contributed by atoms with Gasteiger partial charge in [0.05, 0.1) is 25.1 Å². The number of amides is 1. The summed E-state index contributed by atoms with van der Waals surface area (Å²) in [6.07, 6.45) is 2.20. The van der Waals surface area contributed by atoms with E-state index in [0.29, 0.717) is 32.2 Å². The van der Waals surface area contributed by atoms with E-state index in [0.717, 1.165) is 6.42 Å². The van der Waals surface area contributed by atoms with E-state index >= 15 is 0 Å². The van der Waals surface area contributed by atoms with Crippen LogP contribution in [0.15, 0.2) is 6.20 Å². The Morgan fingerprint density at radius 3 is 2.81 bits per heavy atom. The van der Waals surface area contributed by atoms with Crippen LogP contribution in [0.5, 0.6) is 0 Å². The van der Waals surface area contributed by atoms with Crippen molar-refractivity contribution >= 4 is 11.6 Å². The van der Waals surface area contributed by atoms with Gasteiger partial charge in [-0.05, 0) is 6.42 Å². The first-order chi connectivity index (χ1) is 10.1. The van der Waals surface area contributed by atoms with E-state index in [-0.39, 0.29) is 23.2 Å². The summed E-state index contributed by atoms with van der Waals surface area (Å²) in [5.74, 6) is 0.470. The first-order valence-corrected chi connectivity index (χ1v) is 7.03. The minimum atomic E-state index is -0.284. The van der Waals surface area contributed by atoms with Crippen molar-refractivity contribution in [2.24, 2.45) is 0 Å². The van der Waals surface area contributed by atoms with Crippen LogP contribution >= 0.6 is 0 Å². The molecule has 0 saturated carbocycles. The fourth-order valence-corrected chi connectivity index (χ4v) is 1.57. The average molecular weight is 296 g/mol. The Morgan fingerprint density at radius 1 is 1.38 bits per heavy atom. The summed E-state index contributed by atoms with van der Waals surface area (Å²) in [5.41, 5.74) is 6.27. The number of ether oxygens (including phenoxy) is 2. The maximum absolute atomic E-state index is 12.0. The predicted molar refractivity (Wildman–Crippen MR) is 80.2 cm³/mol.